The van der Waals surface area contributed by atoms with Gasteiger partial charge in [0.1, 0.15) is 11.8 Å². The molecule has 58 heavy (non-hydrogen) atoms. The van der Waals surface area contributed by atoms with Crippen LogP contribution in [-0.2, 0) is 22.6 Å². The monoisotopic (exact) mass is 776 g/mol. The molecule has 4 fully saturated rings. The van der Waals surface area contributed by atoms with Crippen LogP contribution in [0, 0.1) is 5.92 Å². The maximum absolute atomic E-state index is 13.2. The molecule has 0 unspecified atom stereocenters. The predicted molar refractivity (Wildman–Crippen MR) is 226 cm³/mol. The molecule has 1 aromatic heterocycles. The van der Waals surface area contributed by atoms with Crippen molar-refractivity contribution in [1.29, 1.82) is 0 Å². The lowest BCUT2D eigenvalue weighted by atomic mass is 9.88. The van der Waals surface area contributed by atoms with E-state index in [4.69, 9.17) is 4.98 Å². The van der Waals surface area contributed by atoms with Crippen LogP contribution in [0.2, 0.25) is 0 Å². The zero-order valence-electron chi connectivity index (χ0n) is 33.2. The van der Waals surface area contributed by atoms with Crippen molar-refractivity contribution in [2.45, 2.75) is 76.3 Å². The van der Waals surface area contributed by atoms with E-state index in [0.29, 0.717) is 36.1 Å². The highest BCUT2D eigenvalue weighted by atomic mass is 16.3. The van der Waals surface area contributed by atoms with Crippen LogP contribution in [0.4, 0.5) is 11.4 Å². The van der Waals surface area contributed by atoms with E-state index in [9.17, 15) is 19.5 Å². The van der Waals surface area contributed by atoms with E-state index < -0.39 is 6.04 Å². The Labute approximate surface area is 340 Å². The van der Waals surface area contributed by atoms with E-state index in [0.717, 1.165) is 76.3 Å². The number of pyridine rings is 1. The van der Waals surface area contributed by atoms with Gasteiger partial charge in [-0.25, -0.2) is 0 Å². The number of phenolic OH excluding ortho intramolecular Hbond substituents is 1. The zero-order valence-corrected chi connectivity index (χ0v) is 33.2. The molecule has 1 atom stereocenters. The summed E-state index contributed by atoms with van der Waals surface area (Å²) in [5, 5.41) is 12.8. The largest absolute Gasteiger partial charge is 0.508 e. The second-order valence-corrected chi connectivity index (χ2v) is 17.3. The van der Waals surface area contributed by atoms with E-state index >= 15 is 0 Å². The minimum Gasteiger partial charge on any atom is -0.508 e. The number of nitrogens with one attached hydrogen (secondary N) is 1. The Morgan fingerprint density at radius 3 is 2.17 bits per heavy atom. The Bertz CT molecular complexity index is 2270. The van der Waals surface area contributed by atoms with Crippen LogP contribution in [0.3, 0.4) is 0 Å². The molecule has 3 amide bonds. The van der Waals surface area contributed by atoms with Crippen molar-refractivity contribution in [3.63, 3.8) is 0 Å². The molecular formula is C48H52N6O4. The number of nitrogens with zero attached hydrogens (tertiary/aromatic N) is 5. The van der Waals surface area contributed by atoms with Crippen molar-refractivity contribution < 1.29 is 19.5 Å². The summed E-state index contributed by atoms with van der Waals surface area (Å²) >= 11 is 0. The van der Waals surface area contributed by atoms with Crippen LogP contribution < -0.4 is 15.1 Å². The number of rotatable bonds is 8. The number of aryl methyl sites for hydroxylation is 1. The van der Waals surface area contributed by atoms with Gasteiger partial charge in [-0.3, -0.25) is 29.6 Å². The normalized spacial score (nSPS) is 21.9. The number of carbonyl (C=O) groups is 3. The first-order chi connectivity index (χ1) is 28.3. The van der Waals surface area contributed by atoms with Crippen molar-refractivity contribution in [1.82, 2.24) is 20.1 Å². The Balaban J connectivity index is 0.754. The topological polar surface area (TPSA) is 109 Å². The van der Waals surface area contributed by atoms with E-state index in [-0.39, 0.29) is 24.1 Å². The summed E-state index contributed by atoms with van der Waals surface area (Å²) in [4.78, 5) is 51.4. The van der Waals surface area contributed by atoms with Gasteiger partial charge in [0, 0.05) is 93.5 Å². The molecule has 6 aliphatic rings. The standard InChI is InChI=1S/C48H52N6O4/c55-39-12-14-41-34(27-39)2-1-3-40(35-8-15-43(49-28-35)32-4-5-32)46(41)33-6-9-37(10-7-33)52-20-18-31(19-21-52)29-51-22-24-53(25-23-51)38-11-13-42-36(26-38)30-54(48(42)58)44-16-17-45(56)50-47(44)57/h6-15,26-28,31-32,44,55H,1-5,16-25,29-30H2,(H,50,56,57)/t44-/m1/s1. The fourth-order valence-electron chi connectivity index (χ4n) is 10.1. The van der Waals surface area contributed by atoms with Gasteiger partial charge in [0.05, 0.1) is 0 Å². The number of phenols is 1. The molecule has 298 valence electrons. The van der Waals surface area contributed by atoms with Crippen molar-refractivity contribution in [3.8, 4) is 5.75 Å². The lowest BCUT2D eigenvalue weighted by molar-refractivity contribution is -0.136. The van der Waals surface area contributed by atoms with E-state index in [1.165, 1.54) is 70.5 Å². The third kappa shape index (κ3) is 7.27. The third-order valence-electron chi connectivity index (χ3n) is 13.6. The Morgan fingerprint density at radius 2 is 1.43 bits per heavy atom. The van der Waals surface area contributed by atoms with Crippen molar-refractivity contribution >= 4 is 40.2 Å². The van der Waals surface area contributed by atoms with Crippen molar-refractivity contribution in [2.24, 2.45) is 5.92 Å². The first-order valence-corrected chi connectivity index (χ1v) is 21.5. The fourth-order valence-corrected chi connectivity index (χ4v) is 10.1. The number of allylic oxidation sites excluding steroid dienone is 1. The smallest absolute Gasteiger partial charge is 0.255 e. The summed E-state index contributed by atoms with van der Waals surface area (Å²) in [6, 6.07) is 25.1. The molecule has 4 aliphatic heterocycles. The van der Waals surface area contributed by atoms with Gasteiger partial charge in [0.15, 0.2) is 0 Å². The van der Waals surface area contributed by atoms with Gasteiger partial charge >= 0.3 is 0 Å². The fraction of sp³-hybridized carbons (Fsp3) is 0.417. The average molecular weight is 777 g/mol. The summed E-state index contributed by atoms with van der Waals surface area (Å²) in [7, 11) is 0. The van der Waals surface area contributed by atoms with Gasteiger partial charge in [-0.1, -0.05) is 24.3 Å². The minimum atomic E-state index is -0.589. The van der Waals surface area contributed by atoms with Gasteiger partial charge in [-0.2, -0.15) is 0 Å². The third-order valence-corrected chi connectivity index (χ3v) is 13.6. The molecule has 0 bridgehead atoms. The molecule has 0 spiro atoms. The van der Waals surface area contributed by atoms with Gasteiger partial charge < -0.3 is 19.8 Å². The minimum absolute atomic E-state index is 0.123. The Hall–Kier alpha value is -5.48. The Kier molecular flexibility index (Phi) is 9.76. The number of anilines is 2. The highest BCUT2D eigenvalue weighted by Crippen LogP contribution is 2.43. The SMILES string of the molecule is O=C1CC[C@@H](N2Cc3cc(N4CCN(CC5CCN(c6ccc(C7=C(c8ccc(C9CC9)nc8)CCCc8cc(O)ccc87)cc6)CC5)CC4)ccc3C2=O)C(=O)N1. The van der Waals surface area contributed by atoms with Gasteiger partial charge in [-0.15, -0.1) is 0 Å². The van der Waals surface area contributed by atoms with Crippen LogP contribution in [0.5, 0.6) is 5.75 Å². The summed E-state index contributed by atoms with van der Waals surface area (Å²) in [5.41, 5.74) is 12.7. The lowest BCUT2D eigenvalue weighted by Gasteiger charge is -2.40. The number of imide groups is 1. The number of carbonyl (C=O) groups excluding carboxylic acids is 3. The van der Waals surface area contributed by atoms with Gasteiger partial charge in [-0.05, 0) is 145 Å². The summed E-state index contributed by atoms with van der Waals surface area (Å²) in [5.74, 6) is 0.881. The van der Waals surface area contributed by atoms with Crippen LogP contribution in [0.25, 0.3) is 11.1 Å². The highest BCUT2D eigenvalue weighted by Gasteiger charge is 2.39. The number of hydrogen-bond donors (Lipinski definition) is 2. The van der Waals surface area contributed by atoms with Gasteiger partial charge in [0.2, 0.25) is 11.8 Å². The Morgan fingerprint density at radius 1 is 0.690 bits per heavy atom. The second kappa shape index (κ2) is 15.4. The number of aromatic nitrogens is 1. The van der Waals surface area contributed by atoms with E-state index in [1.807, 2.05) is 24.3 Å². The number of benzene rings is 3. The van der Waals surface area contributed by atoms with E-state index in [1.54, 1.807) is 4.90 Å². The van der Waals surface area contributed by atoms with Crippen LogP contribution in [0.1, 0.15) is 101 Å². The van der Waals surface area contributed by atoms with Crippen molar-refractivity contribution in [3.05, 3.63) is 118 Å². The number of fused-ring (bicyclic) bond motifs is 2. The van der Waals surface area contributed by atoms with Crippen LogP contribution in [0.15, 0.2) is 79.0 Å². The molecule has 2 aliphatic carbocycles. The molecule has 5 heterocycles. The zero-order chi connectivity index (χ0) is 39.3. The molecule has 0 radical (unpaired) electrons. The maximum atomic E-state index is 13.2. The molecule has 10 rings (SSSR count). The van der Waals surface area contributed by atoms with Crippen molar-refractivity contribution in [2.75, 3.05) is 55.6 Å². The average Bonchev–Trinajstić information content (AvgIpc) is 4.07. The quantitative estimate of drug-likeness (QED) is 0.189. The number of piperidine rings is 2. The number of piperazine rings is 1. The molecule has 10 heteroatoms. The molecule has 3 aromatic carbocycles. The first-order valence-electron chi connectivity index (χ1n) is 21.5. The van der Waals surface area contributed by atoms with Crippen LogP contribution >= 0.6 is 0 Å². The van der Waals surface area contributed by atoms with Gasteiger partial charge in [0.25, 0.3) is 5.91 Å². The highest BCUT2D eigenvalue weighted by molar-refractivity contribution is 6.05. The summed E-state index contributed by atoms with van der Waals surface area (Å²) in [6.45, 7) is 7.57. The van der Waals surface area contributed by atoms with Crippen LogP contribution in [-0.4, -0.2) is 89.5 Å². The molecule has 3 saturated heterocycles. The maximum Gasteiger partial charge on any atom is 0.255 e. The number of aromatic hydroxyl groups is 1. The predicted octanol–water partition coefficient (Wildman–Crippen LogP) is 6.76. The molecular weight excluding hydrogens is 725 g/mol. The molecule has 2 N–H and O–H groups in total. The molecule has 1 saturated carbocycles. The lowest BCUT2D eigenvalue weighted by Crippen LogP contribution is -2.52. The summed E-state index contributed by atoms with van der Waals surface area (Å²) < 4.78 is 0. The first kappa shape index (κ1) is 36.8. The summed E-state index contributed by atoms with van der Waals surface area (Å²) in [6.07, 6.45) is 10.5. The second-order valence-electron chi connectivity index (χ2n) is 17.3. The molecule has 4 aromatic rings. The number of amides is 3. The van der Waals surface area contributed by atoms with E-state index in [2.05, 4.69) is 74.7 Å². The number of hydrogen-bond acceptors (Lipinski definition) is 8. The molecule has 10 nitrogen and oxygen atoms in total.